The minimum Gasteiger partial charge on any atom is -0.340 e. The van der Waals surface area contributed by atoms with E-state index in [2.05, 4.69) is 0 Å². The summed E-state index contributed by atoms with van der Waals surface area (Å²) in [5.74, 6) is -0.188. The number of thiophene rings is 1. The monoisotopic (exact) mass is 328 g/mol. The van der Waals surface area contributed by atoms with Crippen molar-refractivity contribution in [3.8, 4) is 0 Å². The van der Waals surface area contributed by atoms with Gasteiger partial charge in [0.25, 0.3) is 0 Å². The summed E-state index contributed by atoms with van der Waals surface area (Å²) in [6.07, 6.45) is 0.293. The summed E-state index contributed by atoms with van der Waals surface area (Å²) >= 11 is 1.64. The predicted octanol–water partition coefficient (Wildman–Crippen LogP) is 3.07. The summed E-state index contributed by atoms with van der Waals surface area (Å²) in [6.45, 7) is 3.09. The first-order valence-corrected chi connectivity index (χ1v) is 8.57. The molecule has 23 heavy (non-hydrogen) atoms. The van der Waals surface area contributed by atoms with Gasteiger partial charge in [0.1, 0.15) is 0 Å². The molecule has 0 saturated carbocycles. The molecule has 1 aliphatic rings. The topological polar surface area (TPSA) is 40.6 Å². The Morgan fingerprint density at radius 2 is 2.04 bits per heavy atom. The molecule has 1 aromatic heterocycles. The van der Waals surface area contributed by atoms with Crippen molar-refractivity contribution < 1.29 is 9.59 Å². The second-order valence-corrected chi connectivity index (χ2v) is 7.05. The van der Waals surface area contributed by atoms with Gasteiger partial charge in [-0.2, -0.15) is 0 Å². The van der Waals surface area contributed by atoms with Crippen molar-refractivity contribution in [2.75, 3.05) is 18.5 Å². The lowest BCUT2D eigenvalue weighted by Crippen LogP contribution is -2.34. The quantitative estimate of drug-likeness (QED) is 0.865. The number of hydrogen-bond acceptors (Lipinski definition) is 3. The summed E-state index contributed by atoms with van der Waals surface area (Å²) in [5, 5.41) is 2.01. The van der Waals surface area contributed by atoms with Crippen LogP contribution in [0.1, 0.15) is 16.9 Å². The maximum absolute atomic E-state index is 12.6. The Balaban J connectivity index is 1.66. The third kappa shape index (κ3) is 3.45. The number of nitrogens with zero attached hydrogens (tertiary/aromatic N) is 2. The van der Waals surface area contributed by atoms with Crippen LogP contribution in [0, 0.1) is 12.8 Å². The molecule has 0 spiro atoms. The summed E-state index contributed by atoms with van der Waals surface area (Å²) in [4.78, 5) is 29.5. The van der Waals surface area contributed by atoms with E-state index in [0.29, 0.717) is 19.5 Å². The molecule has 0 radical (unpaired) electrons. The molecule has 120 valence electrons. The molecule has 1 aliphatic heterocycles. The van der Waals surface area contributed by atoms with Gasteiger partial charge in [0.05, 0.1) is 12.5 Å². The van der Waals surface area contributed by atoms with Crippen molar-refractivity contribution in [1.29, 1.82) is 0 Å². The van der Waals surface area contributed by atoms with Crippen LogP contribution in [0.5, 0.6) is 0 Å². The highest BCUT2D eigenvalue weighted by atomic mass is 32.1. The average Bonchev–Trinajstić information content (AvgIpc) is 3.17. The first kappa shape index (κ1) is 15.7. The highest BCUT2D eigenvalue weighted by molar-refractivity contribution is 7.09. The Morgan fingerprint density at radius 3 is 2.70 bits per heavy atom. The molecule has 1 atom stereocenters. The van der Waals surface area contributed by atoms with Crippen LogP contribution in [-0.4, -0.2) is 30.3 Å². The number of rotatable bonds is 4. The van der Waals surface area contributed by atoms with E-state index in [0.717, 1.165) is 16.1 Å². The zero-order valence-corrected chi connectivity index (χ0v) is 14.2. The Kier molecular flexibility index (Phi) is 4.48. The Labute approximate surface area is 140 Å². The lowest BCUT2D eigenvalue weighted by Gasteiger charge is -2.21. The van der Waals surface area contributed by atoms with Crippen LogP contribution in [-0.2, 0) is 16.1 Å². The Morgan fingerprint density at radius 1 is 1.30 bits per heavy atom. The zero-order valence-electron chi connectivity index (χ0n) is 13.4. The molecule has 1 aromatic carbocycles. The van der Waals surface area contributed by atoms with Crippen LogP contribution in [0.15, 0.2) is 41.8 Å². The number of aryl methyl sites for hydroxylation is 1. The van der Waals surface area contributed by atoms with Gasteiger partial charge < -0.3 is 9.80 Å². The number of amides is 2. The van der Waals surface area contributed by atoms with Gasteiger partial charge >= 0.3 is 0 Å². The molecule has 0 N–H and O–H groups in total. The van der Waals surface area contributed by atoms with E-state index in [1.807, 2.05) is 48.7 Å². The molecule has 1 unspecified atom stereocenters. The van der Waals surface area contributed by atoms with Crippen molar-refractivity contribution in [2.45, 2.75) is 19.9 Å². The predicted molar refractivity (Wildman–Crippen MR) is 92.4 cm³/mol. The fourth-order valence-electron chi connectivity index (χ4n) is 2.87. The number of carbonyl (C=O) groups excluding carboxylic acids is 2. The Bertz CT molecular complexity index is 694. The van der Waals surface area contributed by atoms with E-state index < -0.39 is 0 Å². The van der Waals surface area contributed by atoms with Gasteiger partial charge in [0, 0.05) is 30.6 Å². The van der Waals surface area contributed by atoms with E-state index in [1.54, 1.807) is 28.2 Å². The molecule has 5 heteroatoms. The molecule has 1 fully saturated rings. The maximum Gasteiger partial charge on any atom is 0.228 e. The van der Waals surface area contributed by atoms with Crippen LogP contribution in [0.2, 0.25) is 0 Å². The lowest BCUT2D eigenvalue weighted by molar-refractivity contribution is -0.135. The number of carbonyl (C=O) groups is 2. The minimum absolute atomic E-state index is 0.0247. The van der Waals surface area contributed by atoms with E-state index >= 15 is 0 Å². The van der Waals surface area contributed by atoms with Gasteiger partial charge in [-0.3, -0.25) is 9.59 Å². The van der Waals surface area contributed by atoms with Gasteiger partial charge in [0.15, 0.2) is 0 Å². The average molecular weight is 328 g/mol. The molecule has 0 bridgehead atoms. The van der Waals surface area contributed by atoms with Gasteiger partial charge in [-0.25, -0.2) is 0 Å². The van der Waals surface area contributed by atoms with Crippen LogP contribution in [0.3, 0.4) is 0 Å². The second kappa shape index (κ2) is 6.54. The molecule has 4 nitrogen and oxygen atoms in total. The molecule has 2 amide bonds. The van der Waals surface area contributed by atoms with Crippen LogP contribution < -0.4 is 4.90 Å². The van der Waals surface area contributed by atoms with E-state index in [-0.39, 0.29) is 17.7 Å². The number of anilines is 1. The van der Waals surface area contributed by atoms with Crippen molar-refractivity contribution in [1.82, 2.24) is 4.90 Å². The molecule has 2 aromatic rings. The third-order valence-electron chi connectivity index (χ3n) is 4.17. The molecule has 3 rings (SSSR count). The molecular formula is C18H20N2O2S. The van der Waals surface area contributed by atoms with Crippen LogP contribution >= 0.6 is 11.3 Å². The van der Waals surface area contributed by atoms with Crippen molar-refractivity contribution in [3.05, 3.63) is 52.2 Å². The fourth-order valence-corrected chi connectivity index (χ4v) is 3.63. The largest absolute Gasteiger partial charge is 0.340 e. The first-order chi connectivity index (χ1) is 11.0. The smallest absolute Gasteiger partial charge is 0.228 e. The lowest BCUT2D eigenvalue weighted by atomic mass is 10.1. The number of hydrogen-bond donors (Lipinski definition) is 0. The zero-order chi connectivity index (χ0) is 16.4. The minimum atomic E-state index is -0.256. The van der Waals surface area contributed by atoms with Gasteiger partial charge in [-0.05, 0) is 30.5 Å². The van der Waals surface area contributed by atoms with E-state index in [4.69, 9.17) is 0 Å². The Hall–Kier alpha value is -2.14. The molecule has 1 saturated heterocycles. The third-order valence-corrected chi connectivity index (χ3v) is 5.03. The van der Waals surface area contributed by atoms with Crippen molar-refractivity contribution in [2.24, 2.45) is 5.92 Å². The van der Waals surface area contributed by atoms with Crippen LogP contribution in [0.4, 0.5) is 5.69 Å². The summed E-state index contributed by atoms with van der Waals surface area (Å²) in [5.41, 5.74) is 2.03. The highest BCUT2D eigenvalue weighted by Crippen LogP contribution is 2.27. The summed E-state index contributed by atoms with van der Waals surface area (Å²) < 4.78 is 0. The van der Waals surface area contributed by atoms with Gasteiger partial charge in [-0.1, -0.05) is 23.8 Å². The maximum atomic E-state index is 12.6. The van der Waals surface area contributed by atoms with Crippen LogP contribution in [0.25, 0.3) is 0 Å². The van der Waals surface area contributed by atoms with Crippen molar-refractivity contribution in [3.63, 3.8) is 0 Å². The van der Waals surface area contributed by atoms with E-state index in [1.165, 1.54) is 0 Å². The molecule has 0 aliphatic carbocycles. The van der Waals surface area contributed by atoms with Gasteiger partial charge in [0.2, 0.25) is 11.8 Å². The fraction of sp³-hybridized carbons (Fsp3) is 0.333. The summed E-state index contributed by atoms with van der Waals surface area (Å²) in [6, 6.07) is 11.9. The SMILES string of the molecule is Cc1ccc(N2CC(C(=O)N(C)Cc3cccs3)CC2=O)cc1. The standard InChI is InChI=1S/C18H20N2O2S/c1-13-5-7-15(8-6-13)20-11-14(10-17(20)21)18(22)19(2)12-16-4-3-9-23-16/h3-9,14H,10-12H2,1-2H3. The van der Waals surface area contributed by atoms with E-state index in [9.17, 15) is 9.59 Å². The first-order valence-electron chi connectivity index (χ1n) is 7.69. The second-order valence-electron chi connectivity index (χ2n) is 6.01. The highest BCUT2D eigenvalue weighted by Gasteiger charge is 2.36. The van der Waals surface area contributed by atoms with Gasteiger partial charge in [-0.15, -0.1) is 11.3 Å². The van der Waals surface area contributed by atoms with Crippen molar-refractivity contribution >= 4 is 28.8 Å². The number of benzene rings is 1. The normalized spacial score (nSPS) is 17.6. The summed E-state index contributed by atoms with van der Waals surface area (Å²) in [7, 11) is 1.81. The molecule has 2 heterocycles. The molecular weight excluding hydrogens is 308 g/mol.